The first-order valence-electron chi connectivity index (χ1n) is 8.14. The number of hydrogen-bond donors (Lipinski definition) is 0. The zero-order valence-corrected chi connectivity index (χ0v) is 15.8. The van der Waals surface area contributed by atoms with Gasteiger partial charge in [0.2, 0.25) is 0 Å². The van der Waals surface area contributed by atoms with Crippen LogP contribution < -0.4 is 0 Å². The summed E-state index contributed by atoms with van der Waals surface area (Å²) in [6, 6.07) is 16.8. The molecule has 1 aliphatic heterocycles. The van der Waals surface area contributed by atoms with Crippen molar-refractivity contribution < 1.29 is 14.3 Å². The first-order valence-corrected chi connectivity index (χ1v) is 9.50. The Morgan fingerprint density at radius 1 is 1.00 bits per heavy atom. The largest absolute Gasteiger partial charge is 0.383 e. The summed E-state index contributed by atoms with van der Waals surface area (Å²) < 4.78 is 5.03. The van der Waals surface area contributed by atoms with Gasteiger partial charge < -0.3 is 4.74 Å². The van der Waals surface area contributed by atoms with Crippen molar-refractivity contribution in [3.05, 3.63) is 75.7 Å². The van der Waals surface area contributed by atoms with Crippen molar-refractivity contribution in [2.24, 2.45) is 0 Å². The first kappa shape index (κ1) is 18.7. The molecule has 1 heterocycles. The van der Waals surface area contributed by atoms with E-state index in [4.69, 9.17) is 16.3 Å². The smallest absolute Gasteiger partial charge is 0.268 e. The quantitative estimate of drug-likeness (QED) is 0.674. The zero-order chi connectivity index (χ0) is 18.5. The Bertz CT molecular complexity index is 834. The molecule has 2 aromatic rings. The number of ether oxygens (including phenoxy) is 1. The van der Waals surface area contributed by atoms with Crippen LogP contribution >= 0.6 is 23.4 Å². The lowest BCUT2D eigenvalue weighted by Gasteiger charge is -2.14. The number of methoxy groups -OCH3 is 1. The molecule has 0 radical (unpaired) electrons. The number of halogens is 1. The van der Waals surface area contributed by atoms with E-state index in [9.17, 15) is 9.59 Å². The van der Waals surface area contributed by atoms with Crippen molar-refractivity contribution in [2.75, 3.05) is 20.3 Å². The van der Waals surface area contributed by atoms with E-state index in [2.05, 4.69) is 0 Å². The van der Waals surface area contributed by atoms with E-state index in [0.717, 1.165) is 5.56 Å². The average Bonchev–Trinajstić information content (AvgIpc) is 2.89. The molecule has 134 valence electrons. The Balaban J connectivity index is 1.93. The maximum absolute atomic E-state index is 12.9. The fourth-order valence-electron chi connectivity index (χ4n) is 2.67. The van der Waals surface area contributed by atoms with Gasteiger partial charge in [0.05, 0.1) is 23.6 Å². The molecule has 3 rings (SSSR count). The summed E-state index contributed by atoms with van der Waals surface area (Å²) in [7, 11) is 1.55. The highest BCUT2D eigenvalue weighted by Gasteiger charge is 2.38. The van der Waals surface area contributed by atoms with Gasteiger partial charge in [-0.15, -0.1) is 11.8 Å². The van der Waals surface area contributed by atoms with Crippen LogP contribution in [-0.2, 0) is 20.1 Å². The van der Waals surface area contributed by atoms with Crippen LogP contribution in [-0.4, -0.2) is 37.0 Å². The normalized spacial score (nSPS) is 14.5. The lowest BCUT2D eigenvalue weighted by Crippen LogP contribution is -2.34. The van der Waals surface area contributed by atoms with Gasteiger partial charge in [-0.25, -0.2) is 0 Å². The summed E-state index contributed by atoms with van der Waals surface area (Å²) in [5, 5.41) is 0.584. The van der Waals surface area contributed by atoms with E-state index in [0.29, 0.717) is 33.4 Å². The lowest BCUT2D eigenvalue weighted by molar-refractivity contribution is -0.137. The predicted octanol–water partition coefficient (Wildman–Crippen LogP) is 4.00. The van der Waals surface area contributed by atoms with Crippen LogP contribution in [0.1, 0.15) is 11.1 Å². The zero-order valence-electron chi connectivity index (χ0n) is 14.3. The number of amides is 2. The predicted molar refractivity (Wildman–Crippen MR) is 105 cm³/mol. The van der Waals surface area contributed by atoms with Crippen molar-refractivity contribution >= 4 is 40.8 Å². The molecular formula is C20H18ClNO3S. The van der Waals surface area contributed by atoms with Crippen LogP contribution in [0.5, 0.6) is 0 Å². The Labute approximate surface area is 161 Å². The van der Waals surface area contributed by atoms with Gasteiger partial charge in [-0.05, 0) is 23.3 Å². The molecule has 0 bridgehead atoms. The van der Waals surface area contributed by atoms with E-state index in [1.165, 1.54) is 16.7 Å². The van der Waals surface area contributed by atoms with Crippen molar-refractivity contribution in [1.29, 1.82) is 0 Å². The molecule has 26 heavy (non-hydrogen) atoms. The minimum atomic E-state index is -0.287. The van der Waals surface area contributed by atoms with Crippen molar-refractivity contribution in [3.63, 3.8) is 0 Å². The third-order valence-electron chi connectivity index (χ3n) is 4.00. The summed E-state index contributed by atoms with van der Waals surface area (Å²) in [6.07, 6.45) is 0. The number of benzene rings is 2. The second-order valence-electron chi connectivity index (χ2n) is 5.74. The van der Waals surface area contributed by atoms with Crippen molar-refractivity contribution in [2.45, 2.75) is 5.75 Å². The molecule has 1 aliphatic rings. The number of rotatable bonds is 7. The van der Waals surface area contributed by atoms with Crippen LogP contribution in [0.2, 0.25) is 5.02 Å². The number of carbonyl (C=O) groups is 2. The van der Waals surface area contributed by atoms with Gasteiger partial charge in [0.25, 0.3) is 11.8 Å². The molecule has 0 atom stereocenters. The van der Waals surface area contributed by atoms with Gasteiger partial charge in [-0.3, -0.25) is 14.5 Å². The molecule has 0 aliphatic carbocycles. The molecule has 0 saturated heterocycles. The fraction of sp³-hybridized carbons (Fsp3) is 0.200. The number of carbonyl (C=O) groups excluding carboxylic acids is 2. The Kier molecular flexibility index (Phi) is 6.14. The summed E-state index contributed by atoms with van der Waals surface area (Å²) >= 11 is 7.35. The molecule has 4 nitrogen and oxygen atoms in total. The molecule has 0 unspecified atom stereocenters. The molecule has 0 N–H and O–H groups in total. The lowest BCUT2D eigenvalue weighted by atomic mass is 10.1. The Morgan fingerprint density at radius 3 is 2.35 bits per heavy atom. The van der Waals surface area contributed by atoms with Gasteiger partial charge in [-0.1, -0.05) is 54.1 Å². The van der Waals surface area contributed by atoms with Gasteiger partial charge in [0.15, 0.2) is 0 Å². The minimum absolute atomic E-state index is 0.237. The topological polar surface area (TPSA) is 46.6 Å². The van der Waals surface area contributed by atoms with Crippen LogP contribution in [0.4, 0.5) is 0 Å². The second kappa shape index (κ2) is 8.54. The molecule has 6 heteroatoms. The summed E-state index contributed by atoms with van der Waals surface area (Å²) in [5.74, 6) is 0.0626. The number of imide groups is 1. The maximum atomic E-state index is 12.9. The van der Waals surface area contributed by atoms with Gasteiger partial charge in [0, 0.05) is 17.9 Å². The van der Waals surface area contributed by atoms with Crippen LogP contribution in [0.3, 0.4) is 0 Å². The molecule has 2 amide bonds. The first-order chi connectivity index (χ1) is 12.6. The highest BCUT2D eigenvalue weighted by molar-refractivity contribution is 8.03. The van der Waals surface area contributed by atoms with E-state index in [-0.39, 0.29) is 18.4 Å². The average molecular weight is 388 g/mol. The molecule has 0 spiro atoms. The molecular weight excluding hydrogens is 370 g/mol. The number of thioether (sulfide) groups is 1. The highest BCUT2D eigenvalue weighted by atomic mass is 35.5. The van der Waals surface area contributed by atoms with Crippen molar-refractivity contribution in [1.82, 2.24) is 4.90 Å². The van der Waals surface area contributed by atoms with Gasteiger partial charge in [0.1, 0.15) is 0 Å². The van der Waals surface area contributed by atoms with E-state index in [1.54, 1.807) is 31.4 Å². The molecule has 0 saturated carbocycles. The highest BCUT2D eigenvalue weighted by Crippen LogP contribution is 2.37. The summed E-state index contributed by atoms with van der Waals surface area (Å²) in [6.45, 7) is 0.544. The third kappa shape index (κ3) is 4.01. The number of hydrogen-bond acceptors (Lipinski definition) is 4. The van der Waals surface area contributed by atoms with Gasteiger partial charge in [-0.2, -0.15) is 0 Å². The maximum Gasteiger partial charge on any atom is 0.268 e. The second-order valence-corrected chi connectivity index (χ2v) is 7.16. The Morgan fingerprint density at radius 2 is 1.69 bits per heavy atom. The molecule has 2 aromatic carbocycles. The molecule has 0 fully saturated rings. The SMILES string of the molecule is COCCN1C(=O)C(SCc2ccccc2)=C(c2ccc(Cl)cc2)C1=O. The van der Waals surface area contributed by atoms with E-state index in [1.807, 2.05) is 30.3 Å². The fourth-order valence-corrected chi connectivity index (χ4v) is 3.89. The molecule has 0 aromatic heterocycles. The van der Waals surface area contributed by atoms with Crippen molar-refractivity contribution in [3.8, 4) is 0 Å². The number of nitrogens with zero attached hydrogens (tertiary/aromatic N) is 1. The van der Waals surface area contributed by atoms with Crippen LogP contribution in [0, 0.1) is 0 Å². The van der Waals surface area contributed by atoms with Crippen LogP contribution in [0.15, 0.2) is 59.5 Å². The van der Waals surface area contributed by atoms with E-state index < -0.39 is 0 Å². The van der Waals surface area contributed by atoms with E-state index >= 15 is 0 Å². The summed E-state index contributed by atoms with van der Waals surface area (Å²) in [5.41, 5.74) is 2.22. The van der Waals surface area contributed by atoms with Gasteiger partial charge >= 0.3 is 0 Å². The third-order valence-corrected chi connectivity index (χ3v) is 5.40. The van der Waals surface area contributed by atoms with Crippen LogP contribution in [0.25, 0.3) is 5.57 Å². The standard InChI is InChI=1S/C20H18ClNO3S/c1-25-12-11-22-19(23)17(15-7-9-16(21)10-8-15)18(20(22)24)26-13-14-5-3-2-4-6-14/h2-10H,11-13H2,1H3. The monoisotopic (exact) mass is 387 g/mol. The minimum Gasteiger partial charge on any atom is -0.383 e. The Hall–Kier alpha value is -2.08. The summed E-state index contributed by atoms with van der Waals surface area (Å²) in [4.78, 5) is 27.4.